The molecule has 0 spiro atoms. The van der Waals surface area contributed by atoms with Crippen molar-refractivity contribution in [3.63, 3.8) is 0 Å². The highest BCUT2D eigenvalue weighted by atomic mass is 16.5. The number of para-hydroxylation sites is 1. The number of carbonyl (C=O) groups excluding carboxylic acids is 1. The van der Waals surface area contributed by atoms with Gasteiger partial charge in [0, 0.05) is 49.4 Å². The molecular weight excluding hydrogens is 390 g/mol. The molecule has 6 heteroatoms. The van der Waals surface area contributed by atoms with Crippen LogP contribution in [0.4, 0.5) is 5.69 Å². The minimum Gasteiger partial charge on any atom is -0.508 e. The molecule has 1 amide bonds. The first-order valence-electron chi connectivity index (χ1n) is 11.2. The van der Waals surface area contributed by atoms with Gasteiger partial charge in [-0.2, -0.15) is 0 Å². The molecule has 31 heavy (non-hydrogen) atoms. The molecule has 0 aliphatic carbocycles. The predicted molar refractivity (Wildman–Crippen MR) is 125 cm³/mol. The van der Waals surface area contributed by atoms with Crippen LogP contribution in [0.3, 0.4) is 0 Å². The molecular formula is C25H35N3O3. The zero-order valence-corrected chi connectivity index (χ0v) is 18.7. The van der Waals surface area contributed by atoms with Gasteiger partial charge in [-0.1, -0.05) is 37.6 Å². The molecule has 2 heterocycles. The summed E-state index contributed by atoms with van der Waals surface area (Å²) in [4.78, 5) is 15.8. The molecule has 2 aromatic rings. The number of ether oxygens (including phenoxy) is 1. The van der Waals surface area contributed by atoms with Gasteiger partial charge in [0.05, 0.1) is 6.61 Å². The lowest BCUT2D eigenvalue weighted by atomic mass is 9.87. The normalized spacial score (nSPS) is 19.3. The third-order valence-corrected chi connectivity index (χ3v) is 6.08. The smallest absolute Gasteiger partial charge is 0.207 e. The van der Waals surface area contributed by atoms with Crippen LogP contribution in [0.15, 0.2) is 48.5 Å². The highest BCUT2D eigenvalue weighted by molar-refractivity contribution is 5.60. The van der Waals surface area contributed by atoms with Gasteiger partial charge in [-0.3, -0.25) is 4.79 Å². The number of phenolic OH excluding ortho intramolecular Hbond substituents is 1. The fourth-order valence-corrected chi connectivity index (χ4v) is 4.30. The Morgan fingerprint density at radius 2 is 1.87 bits per heavy atom. The minimum atomic E-state index is 0.196. The molecule has 2 N–H and O–H groups in total. The lowest BCUT2D eigenvalue weighted by Crippen LogP contribution is -2.45. The highest BCUT2D eigenvalue weighted by Gasteiger charge is 2.30. The van der Waals surface area contributed by atoms with Crippen molar-refractivity contribution in [3.05, 3.63) is 54.1 Å². The van der Waals surface area contributed by atoms with Gasteiger partial charge in [0.15, 0.2) is 0 Å². The van der Waals surface area contributed by atoms with Crippen molar-refractivity contribution in [1.29, 1.82) is 0 Å². The van der Waals surface area contributed by atoms with Gasteiger partial charge in [0.25, 0.3) is 0 Å². The van der Waals surface area contributed by atoms with Crippen LogP contribution in [0.5, 0.6) is 11.5 Å². The SMILES string of the molecule is CCC[C@@H](NC=O)[C@@H]1COc2cccc(N3CCN(C)CC3)c2C1.Oc1ccccc1. The molecule has 0 bridgehead atoms. The number of piperazine rings is 1. The molecule has 4 rings (SSSR count). The van der Waals surface area contributed by atoms with E-state index in [0.29, 0.717) is 18.3 Å². The lowest BCUT2D eigenvalue weighted by molar-refractivity contribution is -0.110. The third kappa shape index (κ3) is 6.37. The number of aromatic hydroxyl groups is 1. The van der Waals surface area contributed by atoms with Crippen molar-refractivity contribution in [2.24, 2.45) is 5.92 Å². The molecule has 0 aromatic heterocycles. The lowest BCUT2D eigenvalue weighted by Gasteiger charge is -2.38. The van der Waals surface area contributed by atoms with Gasteiger partial charge in [-0.15, -0.1) is 0 Å². The number of hydrogen-bond acceptors (Lipinski definition) is 5. The molecule has 2 atom stereocenters. The van der Waals surface area contributed by atoms with E-state index in [0.717, 1.165) is 57.6 Å². The van der Waals surface area contributed by atoms with Crippen molar-refractivity contribution in [1.82, 2.24) is 10.2 Å². The number of carbonyl (C=O) groups is 1. The number of amides is 1. The van der Waals surface area contributed by atoms with Crippen LogP contribution in [-0.4, -0.2) is 62.3 Å². The van der Waals surface area contributed by atoms with Gasteiger partial charge in [0.2, 0.25) is 6.41 Å². The Kier molecular flexibility index (Phi) is 8.59. The Balaban J connectivity index is 0.000000330. The number of nitrogens with one attached hydrogen (secondary N) is 1. The van der Waals surface area contributed by atoms with Crippen molar-refractivity contribution in [2.45, 2.75) is 32.2 Å². The third-order valence-electron chi connectivity index (χ3n) is 6.08. The molecule has 168 valence electrons. The fraction of sp³-hybridized carbons (Fsp3) is 0.480. The summed E-state index contributed by atoms with van der Waals surface area (Å²) in [6.45, 7) is 7.15. The zero-order valence-electron chi connectivity index (χ0n) is 18.7. The van der Waals surface area contributed by atoms with Crippen LogP contribution < -0.4 is 15.0 Å². The number of rotatable bonds is 6. The van der Waals surface area contributed by atoms with E-state index in [9.17, 15) is 4.79 Å². The largest absolute Gasteiger partial charge is 0.508 e. The predicted octanol–water partition coefficient (Wildman–Crippen LogP) is 3.30. The van der Waals surface area contributed by atoms with E-state index >= 15 is 0 Å². The van der Waals surface area contributed by atoms with Crippen LogP contribution >= 0.6 is 0 Å². The molecule has 0 radical (unpaired) electrons. The molecule has 2 aliphatic rings. The summed E-state index contributed by atoms with van der Waals surface area (Å²) in [5, 5.41) is 11.6. The Labute approximate surface area is 185 Å². The summed E-state index contributed by atoms with van der Waals surface area (Å²) in [6.07, 6.45) is 3.87. The highest BCUT2D eigenvalue weighted by Crippen LogP contribution is 2.36. The van der Waals surface area contributed by atoms with E-state index in [2.05, 4.69) is 47.3 Å². The molecule has 0 saturated carbocycles. The van der Waals surface area contributed by atoms with Crippen molar-refractivity contribution in [3.8, 4) is 11.5 Å². The van der Waals surface area contributed by atoms with E-state index in [4.69, 9.17) is 9.84 Å². The standard InChI is InChI=1S/C19H29N3O2.C6H6O/c1-3-5-17(20-14-23)15-12-16-18(6-4-7-19(16)24-13-15)22-10-8-21(2)9-11-22;7-6-4-2-1-3-5-6/h4,6-7,14-15,17H,3,5,8-13H2,1-2H3,(H,20,23);1-5,7H/t15-,17+;/m0./s1. The first kappa shape index (κ1) is 22.9. The number of benzene rings is 2. The Bertz CT molecular complexity index is 807. The topological polar surface area (TPSA) is 65.0 Å². The first-order chi connectivity index (χ1) is 15.1. The monoisotopic (exact) mass is 425 g/mol. The summed E-state index contributed by atoms with van der Waals surface area (Å²) in [5.41, 5.74) is 2.62. The average molecular weight is 426 g/mol. The number of nitrogens with zero attached hydrogens (tertiary/aromatic N) is 2. The fourth-order valence-electron chi connectivity index (χ4n) is 4.30. The number of fused-ring (bicyclic) bond motifs is 1. The van der Waals surface area contributed by atoms with Gasteiger partial charge in [-0.05, 0) is 44.2 Å². The molecule has 1 saturated heterocycles. The number of likely N-dealkylation sites (N-methyl/N-ethyl adjacent to an activating group) is 1. The van der Waals surface area contributed by atoms with Gasteiger partial charge in [0.1, 0.15) is 11.5 Å². The van der Waals surface area contributed by atoms with Gasteiger partial charge < -0.3 is 25.0 Å². The Morgan fingerprint density at radius 3 is 2.48 bits per heavy atom. The van der Waals surface area contributed by atoms with Crippen LogP contribution in [0, 0.1) is 5.92 Å². The number of hydrogen-bond donors (Lipinski definition) is 2. The maximum Gasteiger partial charge on any atom is 0.207 e. The maximum atomic E-state index is 11.0. The zero-order chi connectivity index (χ0) is 22.1. The average Bonchev–Trinajstić information content (AvgIpc) is 2.80. The van der Waals surface area contributed by atoms with E-state index in [1.54, 1.807) is 24.3 Å². The Hall–Kier alpha value is -2.73. The van der Waals surface area contributed by atoms with E-state index in [-0.39, 0.29) is 6.04 Å². The maximum absolute atomic E-state index is 11.0. The first-order valence-corrected chi connectivity index (χ1v) is 11.2. The summed E-state index contributed by atoms with van der Waals surface area (Å²) in [7, 11) is 2.18. The second kappa shape index (κ2) is 11.6. The second-order valence-corrected chi connectivity index (χ2v) is 8.33. The summed E-state index contributed by atoms with van der Waals surface area (Å²) in [5.74, 6) is 1.68. The molecule has 1 fully saturated rings. The summed E-state index contributed by atoms with van der Waals surface area (Å²) in [6, 6.07) is 15.3. The van der Waals surface area contributed by atoms with Crippen molar-refractivity contribution in [2.75, 3.05) is 44.7 Å². The van der Waals surface area contributed by atoms with E-state index < -0.39 is 0 Å². The van der Waals surface area contributed by atoms with Gasteiger partial charge >= 0.3 is 0 Å². The molecule has 2 aromatic carbocycles. The minimum absolute atomic E-state index is 0.196. The van der Waals surface area contributed by atoms with Crippen LogP contribution in [0.2, 0.25) is 0 Å². The van der Waals surface area contributed by atoms with E-state index in [1.807, 2.05) is 6.07 Å². The summed E-state index contributed by atoms with van der Waals surface area (Å²) >= 11 is 0. The number of anilines is 1. The number of phenols is 1. The molecule has 2 aliphatic heterocycles. The summed E-state index contributed by atoms with van der Waals surface area (Å²) < 4.78 is 6.07. The van der Waals surface area contributed by atoms with Crippen LogP contribution in [0.25, 0.3) is 0 Å². The molecule has 6 nitrogen and oxygen atoms in total. The second-order valence-electron chi connectivity index (χ2n) is 8.33. The van der Waals surface area contributed by atoms with Crippen molar-refractivity contribution >= 4 is 12.1 Å². The van der Waals surface area contributed by atoms with Gasteiger partial charge in [-0.25, -0.2) is 0 Å². The van der Waals surface area contributed by atoms with Crippen LogP contribution in [0.1, 0.15) is 25.3 Å². The van der Waals surface area contributed by atoms with E-state index in [1.165, 1.54) is 11.3 Å². The quantitative estimate of drug-likeness (QED) is 0.696. The van der Waals surface area contributed by atoms with Crippen molar-refractivity contribution < 1.29 is 14.6 Å². The molecule has 0 unspecified atom stereocenters. The Morgan fingerprint density at radius 1 is 1.13 bits per heavy atom. The van der Waals surface area contributed by atoms with Crippen LogP contribution in [-0.2, 0) is 11.2 Å².